The van der Waals surface area contributed by atoms with Crippen molar-refractivity contribution in [1.29, 1.82) is 0 Å². The number of hydrogen-bond acceptors (Lipinski definition) is 3. The van der Waals surface area contributed by atoms with E-state index in [4.69, 9.17) is 5.73 Å². The maximum absolute atomic E-state index is 13.2. The summed E-state index contributed by atoms with van der Waals surface area (Å²) < 4.78 is 39.7. The van der Waals surface area contributed by atoms with E-state index in [2.05, 4.69) is 4.72 Å². The van der Waals surface area contributed by atoms with Crippen molar-refractivity contribution in [2.75, 3.05) is 10.5 Å². The van der Waals surface area contributed by atoms with Gasteiger partial charge in [0.1, 0.15) is 5.82 Å². The van der Waals surface area contributed by atoms with E-state index in [0.717, 1.165) is 6.07 Å². The zero-order chi connectivity index (χ0) is 14.8. The number of nitrogens with two attached hydrogens (primary N) is 1. The first-order valence-electron chi connectivity index (χ1n) is 5.97. The molecule has 0 aliphatic carbocycles. The molecule has 20 heavy (non-hydrogen) atoms. The molecular weight excluding hydrogens is 279 g/mol. The number of hydrogen-bond donors (Lipinski definition) is 2. The van der Waals surface area contributed by atoms with Crippen LogP contribution in [0.2, 0.25) is 0 Å². The van der Waals surface area contributed by atoms with E-state index in [0.29, 0.717) is 16.8 Å². The molecule has 0 saturated heterocycles. The van der Waals surface area contributed by atoms with Crippen LogP contribution in [0, 0.1) is 12.7 Å². The van der Waals surface area contributed by atoms with Crippen molar-refractivity contribution in [1.82, 2.24) is 0 Å². The van der Waals surface area contributed by atoms with Crippen molar-refractivity contribution in [3.05, 3.63) is 59.4 Å². The third-order valence-corrected chi connectivity index (χ3v) is 4.02. The van der Waals surface area contributed by atoms with Crippen molar-refractivity contribution < 1.29 is 12.8 Å². The maximum atomic E-state index is 13.2. The smallest absolute Gasteiger partial charge is 0.236 e. The summed E-state index contributed by atoms with van der Waals surface area (Å²) in [6.07, 6.45) is 0. The Labute approximate surface area is 117 Å². The van der Waals surface area contributed by atoms with Crippen molar-refractivity contribution in [3.8, 4) is 0 Å². The van der Waals surface area contributed by atoms with E-state index in [1.165, 1.54) is 12.1 Å². The van der Waals surface area contributed by atoms with Crippen LogP contribution in [0.5, 0.6) is 0 Å². The van der Waals surface area contributed by atoms with Crippen LogP contribution >= 0.6 is 0 Å². The summed E-state index contributed by atoms with van der Waals surface area (Å²) in [4.78, 5) is 0. The van der Waals surface area contributed by atoms with Crippen molar-refractivity contribution in [2.45, 2.75) is 12.7 Å². The van der Waals surface area contributed by atoms with Crippen LogP contribution in [0.3, 0.4) is 0 Å². The van der Waals surface area contributed by atoms with Crippen molar-refractivity contribution in [3.63, 3.8) is 0 Å². The van der Waals surface area contributed by atoms with E-state index in [1.807, 2.05) is 0 Å². The van der Waals surface area contributed by atoms with E-state index in [9.17, 15) is 12.8 Å². The summed E-state index contributed by atoms with van der Waals surface area (Å²) in [6, 6.07) is 10.6. The molecule has 0 aliphatic rings. The summed E-state index contributed by atoms with van der Waals surface area (Å²) in [5.41, 5.74) is 7.58. The van der Waals surface area contributed by atoms with Gasteiger partial charge >= 0.3 is 0 Å². The summed E-state index contributed by atoms with van der Waals surface area (Å²) in [7, 11) is -3.62. The number of benzene rings is 2. The van der Waals surface area contributed by atoms with Gasteiger partial charge in [-0.05, 0) is 42.3 Å². The molecule has 0 radical (unpaired) electrons. The van der Waals surface area contributed by atoms with Crippen LogP contribution in [-0.4, -0.2) is 8.42 Å². The number of aryl methyl sites for hydroxylation is 1. The molecule has 0 fully saturated rings. The fourth-order valence-corrected chi connectivity index (χ4v) is 3.06. The lowest BCUT2D eigenvalue weighted by Gasteiger charge is -2.11. The molecular formula is C14H15FN2O2S. The van der Waals surface area contributed by atoms with Gasteiger partial charge in [-0.25, -0.2) is 12.8 Å². The molecule has 0 aromatic heterocycles. The third-order valence-electron chi connectivity index (χ3n) is 2.77. The fourth-order valence-electron chi connectivity index (χ4n) is 1.81. The van der Waals surface area contributed by atoms with Gasteiger partial charge in [0.15, 0.2) is 0 Å². The molecule has 3 N–H and O–H groups in total. The molecule has 0 aliphatic heterocycles. The molecule has 0 saturated carbocycles. The van der Waals surface area contributed by atoms with Gasteiger partial charge in [0.05, 0.1) is 11.4 Å². The second-order valence-corrected chi connectivity index (χ2v) is 6.29. The lowest BCUT2D eigenvalue weighted by molar-refractivity contribution is 0.600. The minimum absolute atomic E-state index is 0.214. The van der Waals surface area contributed by atoms with E-state index < -0.39 is 15.8 Å². The first-order chi connectivity index (χ1) is 9.35. The molecule has 0 amide bonds. The van der Waals surface area contributed by atoms with Gasteiger partial charge in [0.25, 0.3) is 0 Å². The number of halogens is 1. The minimum Gasteiger partial charge on any atom is -0.399 e. The van der Waals surface area contributed by atoms with Gasteiger partial charge in [-0.3, -0.25) is 4.72 Å². The Hall–Kier alpha value is -2.08. The zero-order valence-electron chi connectivity index (χ0n) is 10.9. The number of sulfonamides is 1. The Morgan fingerprint density at radius 2 is 1.95 bits per heavy atom. The second kappa shape index (κ2) is 5.50. The topological polar surface area (TPSA) is 72.2 Å². The van der Waals surface area contributed by atoms with Gasteiger partial charge < -0.3 is 5.73 Å². The van der Waals surface area contributed by atoms with E-state index >= 15 is 0 Å². The summed E-state index contributed by atoms with van der Waals surface area (Å²) in [5, 5.41) is 0. The van der Waals surface area contributed by atoms with E-state index in [-0.39, 0.29) is 11.4 Å². The molecule has 2 aromatic carbocycles. The Morgan fingerprint density at radius 3 is 2.65 bits per heavy atom. The molecule has 0 spiro atoms. The molecule has 6 heteroatoms. The highest BCUT2D eigenvalue weighted by Crippen LogP contribution is 2.19. The molecule has 106 valence electrons. The number of rotatable bonds is 4. The minimum atomic E-state index is -3.62. The van der Waals surface area contributed by atoms with Gasteiger partial charge in [0, 0.05) is 5.69 Å². The fraction of sp³-hybridized carbons (Fsp3) is 0.143. The lowest BCUT2D eigenvalue weighted by atomic mass is 10.2. The monoisotopic (exact) mass is 294 g/mol. The zero-order valence-corrected chi connectivity index (χ0v) is 11.7. The highest BCUT2D eigenvalue weighted by atomic mass is 32.2. The van der Waals surface area contributed by atoms with Crippen LogP contribution in [-0.2, 0) is 15.8 Å². The molecule has 0 heterocycles. The highest BCUT2D eigenvalue weighted by molar-refractivity contribution is 7.91. The van der Waals surface area contributed by atoms with Gasteiger partial charge in [0.2, 0.25) is 10.0 Å². The summed E-state index contributed by atoms with van der Waals surface area (Å²) >= 11 is 0. The van der Waals surface area contributed by atoms with Crippen LogP contribution < -0.4 is 10.5 Å². The average molecular weight is 294 g/mol. The first kappa shape index (κ1) is 14.3. The maximum Gasteiger partial charge on any atom is 0.236 e. The van der Waals surface area contributed by atoms with Crippen LogP contribution in [0.4, 0.5) is 15.8 Å². The quantitative estimate of drug-likeness (QED) is 0.851. The molecule has 2 rings (SSSR count). The van der Waals surface area contributed by atoms with Crippen molar-refractivity contribution >= 4 is 21.4 Å². The van der Waals surface area contributed by atoms with E-state index in [1.54, 1.807) is 31.2 Å². The Kier molecular flexibility index (Phi) is 3.94. The van der Waals surface area contributed by atoms with Gasteiger partial charge in [-0.1, -0.05) is 18.2 Å². The third kappa shape index (κ3) is 3.71. The predicted octanol–water partition coefficient (Wildman–Crippen LogP) is 2.66. The van der Waals surface area contributed by atoms with Gasteiger partial charge in [-0.2, -0.15) is 0 Å². The van der Waals surface area contributed by atoms with Gasteiger partial charge in [-0.15, -0.1) is 0 Å². The largest absolute Gasteiger partial charge is 0.399 e. The number of nitrogen functional groups attached to an aromatic ring is 1. The van der Waals surface area contributed by atoms with Crippen LogP contribution in [0.15, 0.2) is 42.5 Å². The number of nitrogens with one attached hydrogen (secondary N) is 1. The Bertz CT molecular complexity index is 730. The molecule has 0 unspecified atom stereocenters. The standard InChI is InChI=1S/C14H15FN2O2S/c1-10-5-6-12(15)8-14(10)17-20(18,19)9-11-3-2-4-13(16)7-11/h2-8,17H,9,16H2,1H3. The average Bonchev–Trinajstić information content (AvgIpc) is 2.33. The Morgan fingerprint density at radius 1 is 1.20 bits per heavy atom. The molecule has 0 bridgehead atoms. The highest BCUT2D eigenvalue weighted by Gasteiger charge is 2.13. The number of anilines is 2. The second-order valence-electron chi connectivity index (χ2n) is 4.57. The normalized spacial score (nSPS) is 11.3. The molecule has 4 nitrogen and oxygen atoms in total. The predicted molar refractivity (Wildman–Crippen MR) is 78.2 cm³/mol. The van der Waals surface area contributed by atoms with Crippen LogP contribution in [0.25, 0.3) is 0 Å². The SMILES string of the molecule is Cc1ccc(F)cc1NS(=O)(=O)Cc1cccc(N)c1. The molecule has 2 aromatic rings. The Balaban J connectivity index is 2.21. The first-order valence-corrected chi connectivity index (χ1v) is 7.62. The lowest BCUT2D eigenvalue weighted by Crippen LogP contribution is -2.16. The summed E-state index contributed by atoms with van der Waals surface area (Å²) in [5.74, 6) is -0.703. The molecule has 0 atom stereocenters. The summed E-state index contributed by atoms with van der Waals surface area (Å²) in [6.45, 7) is 1.71. The van der Waals surface area contributed by atoms with Crippen molar-refractivity contribution in [2.24, 2.45) is 0 Å². The van der Waals surface area contributed by atoms with Crippen LogP contribution in [0.1, 0.15) is 11.1 Å².